The number of hydrogen-bond donors (Lipinski definition) is 2. The predicted octanol–water partition coefficient (Wildman–Crippen LogP) is 2.60. The number of amides is 1. The van der Waals surface area contributed by atoms with E-state index in [4.69, 9.17) is 4.42 Å². The van der Waals surface area contributed by atoms with Crippen molar-refractivity contribution in [2.24, 2.45) is 0 Å². The van der Waals surface area contributed by atoms with Gasteiger partial charge in [-0.15, -0.1) is 11.3 Å². The molecule has 128 valence electrons. The van der Waals surface area contributed by atoms with Gasteiger partial charge in [0.05, 0.1) is 17.6 Å². The van der Waals surface area contributed by atoms with Crippen molar-refractivity contribution in [3.05, 3.63) is 23.7 Å². The number of carboxylic acid groups (broad SMARTS) is 1. The molecule has 0 saturated carbocycles. The second kappa shape index (κ2) is 5.09. The largest absolute Gasteiger partial charge is 0.508 e. The van der Waals surface area contributed by atoms with Crippen LogP contribution in [0.15, 0.2) is 28.1 Å². The van der Waals surface area contributed by atoms with E-state index in [9.17, 15) is 15.0 Å². The number of phenols is 1. The van der Waals surface area contributed by atoms with Crippen LogP contribution in [-0.2, 0) is 0 Å². The summed E-state index contributed by atoms with van der Waals surface area (Å²) in [4.78, 5) is 23.5. The van der Waals surface area contributed by atoms with Crippen molar-refractivity contribution in [2.75, 3.05) is 18.0 Å². The van der Waals surface area contributed by atoms with Gasteiger partial charge in [-0.2, -0.15) is 4.98 Å². The number of aromatic hydroxyl groups is 1. The van der Waals surface area contributed by atoms with Crippen molar-refractivity contribution in [2.45, 2.75) is 18.5 Å². The van der Waals surface area contributed by atoms with Gasteiger partial charge in [0.1, 0.15) is 16.3 Å². The molecule has 0 spiro atoms. The number of phenolic OH excluding ortho intramolecular Hbond substituents is 1. The Bertz CT molecular complexity index is 958. The molecule has 2 N–H and O–H groups in total. The molecule has 1 aromatic carbocycles. The van der Waals surface area contributed by atoms with E-state index in [1.165, 1.54) is 16.2 Å². The van der Waals surface area contributed by atoms with Gasteiger partial charge < -0.3 is 19.5 Å². The van der Waals surface area contributed by atoms with Crippen LogP contribution in [0.2, 0.25) is 0 Å². The summed E-state index contributed by atoms with van der Waals surface area (Å²) in [6.07, 6.45) is 1.72. The maximum Gasteiger partial charge on any atom is 0.407 e. The van der Waals surface area contributed by atoms with E-state index in [1.807, 2.05) is 10.3 Å². The number of aromatic nitrogens is 2. The van der Waals surface area contributed by atoms with Gasteiger partial charge in [-0.3, -0.25) is 4.90 Å². The van der Waals surface area contributed by atoms with Gasteiger partial charge in [-0.1, -0.05) is 0 Å². The quantitative estimate of drug-likeness (QED) is 0.726. The van der Waals surface area contributed by atoms with Crippen LogP contribution in [0.1, 0.15) is 6.42 Å². The molecule has 2 unspecified atom stereocenters. The number of carbonyl (C=O) groups is 1. The molecule has 25 heavy (non-hydrogen) atoms. The summed E-state index contributed by atoms with van der Waals surface area (Å²) < 4.78 is 5.99. The minimum atomic E-state index is -0.866. The SMILES string of the molecule is O=C(O)N1C2CC1CN(c1nc3cc(O)cc(-c4nccs4)c3o1)C2. The van der Waals surface area contributed by atoms with Crippen molar-refractivity contribution in [1.82, 2.24) is 14.9 Å². The number of nitrogens with zero attached hydrogens (tertiary/aromatic N) is 4. The first-order valence-corrected chi connectivity index (χ1v) is 8.78. The fourth-order valence-corrected chi connectivity index (χ4v) is 4.39. The van der Waals surface area contributed by atoms with Crippen LogP contribution >= 0.6 is 11.3 Å². The molecule has 3 fully saturated rings. The number of piperazine rings is 1. The van der Waals surface area contributed by atoms with E-state index in [-0.39, 0.29) is 17.8 Å². The molecule has 2 bridgehead atoms. The molecule has 3 aliphatic rings. The molecule has 2 aromatic heterocycles. The van der Waals surface area contributed by atoms with E-state index < -0.39 is 6.09 Å². The van der Waals surface area contributed by atoms with E-state index in [0.29, 0.717) is 35.8 Å². The third kappa shape index (κ3) is 2.15. The first-order valence-electron chi connectivity index (χ1n) is 7.90. The Balaban J connectivity index is 1.52. The first-order chi connectivity index (χ1) is 12.1. The Hall–Kier alpha value is -2.81. The lowest BCUT2D eigenvalue weighted by Gasteiger charge is -2.54. The van der Waals surface area contributed by atoms with Gasteiger partial charge in [0.15, 0.2) is 5.58 Å². The molecular formula is C16H14N4O4S. The van der Waals surface area contributed by atoms with Crippen LogP contribution < -0.4 is 4.90 Å². The number of rotatable bonds is 2. The zero-order valence-corrected chi connectivity index (χ0v) is 13.8. The molecule has 3 saturated heterocycles. The fraction of sp³-hybridized carbons (Fsp3) is 0.312. The minimum Gasteiger partial charge on any atom is -0.508 e. The van der Waals surface area contributed by atoms with E-state index in [2.05, 4.69) is 9.97 Å². The van der Waals surface area contributed by atoms with Crippen molar-refractivity contribution < 1.29 is 19.4 Å². The maximum atomic E-state index is 11.2. The molecule has 0 aliphatic carbocycles. The third-order valence-electron chi connectivity index (χ3n) is 4.81. The van der Waals surface area contributed by atoms with Crippen molar-refractivity contribution >= 4 is 34.5 Å². The maximum absolute atomic E-state index is 11.2. The number of benzene rings is 1. The number of hydrogen-bond acceptors (Lipinski definition) is 7. The molecule has 6 rings (SSSR count). The average molecular weight is 358 g/mol. The summed E-state index contributed by atoms with van der Waals surface area (Å²) in [6, 6.07) is 3.61. The van der Waals surface area contributed by atoms with Crippen LogP contribution in [0.3, 0.4) is 0 Å². The highest BCUT2D eigenvalue weighted by atomic mass is 32.1. The van der Waals surface area contributed by atoms with Gasteiger partial charge in [0, 0.05) is 30.7 Å². The number of anilines is 1. The lowest BCUT2D eigenvalue weighted by atomic mass is 9.88. The molecule has 1 amide bonds. The summed E-state index contributed by atoms with van der Waals surface area (Å²) in [6.45, 7) is 1.13. The Labute approximate surface area is 145 Å². The van der Waals surface area contributed by atoms with E-state index >= 15 is 0 Å². The lowest BCUT2D eigenvalue weighted by Crippen LogP contribution is -2.70. The van der Waals surface area contributed by atoms with E-state index in [0.717, 1.165) is 11.4 Å². The van der Waals surface area contributed by atoms with Crippen LogP contribution in [-0.4, -0.2) is 56.3 Å². The zero-order valence-electron chi connectivity index (χ0n) is 13.0. The van der Waals surface area contributed by atoms with Gasteiger partial charge in [0.25, 0.3) is 6.01 Å². The van der Waals surface area contributed by atoms with Gasteiger partial charge in [-0.05, 0) is 12.5 Å². The average Bonchev–Trinajstić information content (AvgIpc) is 3.23. The number of fused-ring (bicyclic) bond motifs is 3. The lowest BCUT2D eigenvalue weighted by molar-refractivity contribution is 0.0101. The molecular weight excluding hydrogens is 344 g/mol. The van der Waals surface area contributed by atoms with E-state index in [1.54, 1.807) is 18.3 Å². The Kier molecular flexibility index (Phi) is 2.96. The van der Waals surface area contributed by atoms with Crippen molar-refractivity contribution in [3.8, 4) is 16.3 Å². The van der Waals surface area contributed by atoms with Crippen LogP contribution in [0.4, 0.5) is 10.8 Å². The molecule has 8 nitrogen and oxygen atoms in total. The first kappa shape index (κ1) is 14.5. The number of piperidine rings is 1. The normalized spacial score (nSPS) is 22.2. The topological polar surface area (TPSA) is 103 Å². The highest BCUT2D eigenvalue weighted by Gasteiger charge is 2.48. The summed E-state index contributed by atoms with van der Waals surface area (Å²) in [5, 5.41) is 21.8. The standard InChI is InChI=1S/C16H14N4O4S/c21-10-4-11(14-17-1-2-25-14)13-12(5-10)18-15(24-13)19-6-8-3-9(7-19)20(8)16(22)23/h1-2,4-5,8-9,21H,3,6-7H2,(H,22,23). The molecule has 5 heterocycles. The number of oxazole rings is 1. The minimum absolute atomic E-state index is 0.0156. The molecule has 9 heteroatoms. The fourth-order valence-electron chi connectivity index (χ4n) is 3.73. The second-order valence-electron chi connectivity index (χ2n) is 6.31. The third-order valence-corrected chi connectivity index (χ3v) is 5.62. The monoisotopic (exact) mass is 358 g/mol. The Morgan fingerprint density at radius 2 is 2.12 bits per heavy atom. The zero-order chi connectivity index (χ0) is 17.1. The van der Waals surface area contributed by atoms with Gasteiger partial charge in [-0.25, -0.2) is 9.78 Å². The molecule has 3 aliphatic heterocycles. The number of thiazole rings is 1. The Morgan fingerprint density at radius 1 is 1.32 bits per heavy atom. The molecule has 0 radical (unpaired) electrons. The molecule has 3 aromatic rings. The highest BCUT2D eigenvalue weighted by molar-refractivity contribution is 7.13. The molecule has 2 atom stereocenters. The smallest absolute Gasteiger partial charge is 0.407 e. The van der Waals surface area contributed by atoms with Gasteiger partial charge >= 0.3 is 6.09 Å². The van der Waals surface area contributed by atoms with Gasteiger partial charge in [0.2, 0.25) is 0 Å². The second-order valence-corrected chi connectivity index (χ2v) is 7.21. The van der Waals surface area contributed by atoms with Crippen molar-refractivity contribution in [1.29, 1.82) is 0 Å². The summed E-state index contributed by atoms with van der Waals surface area (Å²) in [7, 11) is 0. The summed E-state index contributed by atoms with van der Waals surface area (Å²) in [5.74, 6) is 0.107. The summed E-state index contributed by atoms with van der Waals surface area (Å²) in [5.41, 5.74) is 1.85. The van der Waals surface area contributed by atoms with Crippen LogP contribution in [0.25, 0.3) is 21.7 Å². The van der Waals surface area contributed by atoms with Crippen LogP contribution in [0.5, 0.6) is 5.75 Å². The predicted molar refractivity (Wildman–Crippen MR) is 91.1 cm³/mol. The Morgan fingerprint density at radius 3 is 2.80 bits per heavy atom. The van der Waals surface area contributed by atoms with Crippen LogP contribution in [0, 0.1) is 0 Å². The highest BCUT2D eigenvalue weighted by Crippen LogP contribution is 2.39. The van der Waals surface area contributed by atoms with Crippen molar-refractivity contribution in [3.63, 3.8) is 0 Å². The summed E-state index contributed by atoms with van der Waals surface area (Å²) >= 11 is 1.46.